The zero-order valence-corrected chi connectivity index (χ0v) is 13.3. The average Bonchev–Trinajstić information content (AvgIpc) is 2.62. The number of aromatic hydroxyl groups is 1. The van der Waals surface area contributed by atoms with Crippen LogP contribution in [0.3, 0.4) is 0 Å². The van der Waals surface area contributed by atoms with E-state index in [0.717, 1.165) is 23.6 Å². The van der Waals surface area contributed by atoms with E-state index in [9.17, 15) is 4.79 Å². The van der Waals surface area contributed by atoms with Crippen LogP contribution < -0.4 is 10.1 Å². The minimum absolute atomic E-state index is 0.0990. The van der Waals surface area contributed by atoms with Gasteiger partial charge >= 0.3 is 0 Å². The lowest BCUT2D eigenvalue weighted by Gasteiger charge is -2.07. The summed E-state index contributed by atoms with van der Waals surface area (Å²) in [7, 11) is 3.51. The number of hydrogen-bond acceptors (Lipinski definition) is 6. The number of nitrogens with zero attached hydrogens (tertiary/aromatic N) is 2. The third kappa shape index (κ3) is 5.00. The van der Waals surface area contributed by atoms with Crippen LogP contribution in [-0.2, 0) is 6.42 Å². The Labute approximate surface area is 135 Å². The number of anilines is 1. The van der Waals surface area contributed by atoms with Crippen molar-refractivity contribution >= 4 is 12.0 Å². The molecule has 23 heavy (non-hydrogen) atoms. The molecule has 0 aliphatic heterocycles. The average molecular weight is 313 g/mol. The van der Waals surface area contributed by atoms with Gasteiger partial charge in [0.25, 0.3) is 0 Å². The molecule has 0 radical (unpaired) electrons. The molecule has 0 saturated carbocycles. The molecular formula is C17H19N3O3. The number of nitriles is 1. The minimum Gasteiger partial charge on any atom is -0.507 e. The fourth-order valence-electron chi connectivity index (χ4n) is 1.75. The van der Waals surface area contributed by atoms with E-state index in [1.807, 2.05) is 13.1 Å². The maximum Gasteiger partial charge on any atom is 0.160 e. The fraction of sp³-hybridized carbons (Fsp3) is 0.235. The van der Waals surface area contributed by atoms with Gasteiger partial charge in [0.1, 0.15) is 18.1 Å². The number of methoxy groups -OCH3 is 1. The zero-order valence-electron chi connectivity index (χ0n) is 13.3. The zero-order chi connectivity index (χ0) is 17.2. The van der Waals surface area contributed by atoms with Crippen molar-refractivity contribution in [1.29, 1.82) is 5.26 Å². The number of aldehydes is 1. The van der Waals surface area contributed by atoms with Crippen LogP contribution in [0.1, 0.15) is 28.5 Å². The summed E-state index contributed by atoms with van der Waals surface area (Å²) in [6, 6.07) is 7.86. The number of aromatic nitrogens is 1. The Morgan fingerprint density at radius 1 is 1.43 bits per heavy atom. The highest BCUT2D eigenvalue weighted by atomic mass is 16.5. The standard InChI is InChI=1S/C9H14N2O.C8H5NO2/c1-4-7-5-8(10-2)9(12-3)6-11-7;9-4-7-3-6(5-10)1-2-8(7)11/h5-6H,4H2,1-3H3,(H,10,11);1-3,5,11H. The maximum absolute atomic E-state index is 10.2. The number of rotatable bonds is 4. The Hall–Kier alpha value is -3.07. The van der Waals surface area contributed by atoms with Crippen molar-refractivity contribution in [2.45, 2.75) is 13.3 Å². The highest BCUT2D eigenvalue weighted by molar-refractivity contribution is 5.76. The van der Waals surface area contributed by atoms with Gasteiger partial charge in [-0.15, -0.1) is 0 Å². The van der Waals surface area contributed by atoms with Crippen LogP contribution in [0.25, 0.3) is 0 Å². The summed E-state index contributed by atoms with van der Waals surface area (Å²) >= 11 is 0. The number of phenolic OH excluding ortho intramolecular Hbond substituents is 1. The molecule has 0 saturated heterocycles. The molecule has 0 spiro atoms. The lowest BCUT2D eigenvalue weighted by Crippen LogP contribution is -1.97. The molecule has 2 aromatic rings. The number of nitrogens with one attached hydrogen (secondary N) is 1. The summed E-state index contributed by atoms with van der Waals surface area (Å²) in [6.07, 6.45) is 3.31. The number of aryl methyl sites for hydroxylation is 1. The third-order valence-electron chi connectivity index (χ3n) is 3.05. The van der Waals surface area contributed by atoms with Gasteiger partial charge in [0.15, 0.2) is 5.75 Å². The van der Waals surface area contributed by atoms with Crippen molar-refractivity contribution < 1.29 is 14.6 Å². The number of pyridine rings is 1. The SMILES string of the molecule is CCc1cc(NC)c(OC)cn1.N#Cc1cc(C=O)ccc1O. The van der Waals surface area contributed by atoms with Crippen molar-refractivity contribution in [3.05, 3.63) is 47.3 Å². The number of carbonyl (C=O) groups excluding carboxylic acids is 1. The molecule has 0 unspecified atom stereocenters. The van der Waals surface area contributed by atoms with E-state index in [2.05, 4.69) is 17.2 Å². The van der Waals surface area contributed by atoms with Gasteiger partial charge in [-0.05, 0) is 30.7 Å². The molecule has 0 fully saturated rings. The van der Waals surface area contributed by atoms with Gasteiger partial charge in [-0.2, -0.15) is 5.26 Å². The normalized spacial score (nSPS) is 9.13. The number of carbonyl (C=O) groups is 1. The molecule has 0 aliphatic rings. The van der Waals surface area contributed by atoms with E-state index in [0.29, 0.717) is 11.8 Å². The molecule has 0 amide bonds. The predicted octanol–water partition coefficient (Wildman–Crippen LogP) is 2.77. The Bertz CT molecular complexity index is 709. The van der Waals surface area contributed by atoms with Crippen molar-refractivity contribution in [3.8, 4) is 17.6 Å². The first-order chi connectivity index (χ1) is 11.1. The smallest absolute Gasteiger partial charge is 0.160 e. The lowest BCUT2D eigenvalue weighted by molar-refractivity contribution is 0.112. The van der Waals surface area contributed by atoms with Crippen molar-refractivity contribution in [3.63, 3.8) is 0 Å². The first-order valence-electron chi connectivity index (χ1n) is 6.98. The highest BCUT2D eigenvalue weighted by Crippen LogP contribution is 2.22. The van der Waals surface area contributed by atoms with Gasteiger partial charge in [-0.3, -0.25) is 9.78 Å². The summed E-state index contributed by atoms with van der Waals surface area (Å²) in [6.45, 7) is 2.08. The quantitative estimate of drug-likeness (QED) is 0.843. The van der Waals surface area contributed by atoms with E-state index in [4.69, 9.17) is 15.1 Å². The van der Waals surface area contributed by atoms with Crippen molar-refractivity contribution in [2.75, 3.05) is 19.5 Å². The Balaban J connectivity index is 0.000000231. The Kier molecular flexibility index (Phi) is 7.08. The second-order valence-corrected chi connectivity index (χ2v) is 4.49. The first kappa shape index (κ1) is 18.0. The van der Waals surface area contributed by atoms with Crippen LogP contribution in [0.2, 0.25) is 0 Å². The van der Waals surface area contributed by atoms with Gasteiger partial charge in [-0.1, -0.05) is 6.92 Å². The van der Waals surface area contributed by atoms with Gasteiger partial charge in [-0.25, -0.2) is 0 Å². The van der Waals surface area contributed by atoms with Crippen molar-refractivity contribution in [2.24, 2.45) is 0 Å². The monoisotopic (exact) mass is 313 g/mol. The predicted molar refractivity (Wildman–Crippen MR) is 87.9 cm³/mol. The summed E-state index contributed by atoms with van der Waals surface area (Å²) < 4.78 is 5.11. The topological polar surface area (TPSA) is 95.2 Å². The van der Waals surface area contributed by atoms with E-state index in [-0.39, 0.29) is 11.3 Å². The number of ether oxygens (including phenoxy) is 1. The molecule has 2 N–H and O–H groups in total. The maximum atomic E-state index is 10.2. The molecule has 0 aliphatic carbocycles. The van der Waals surface area contributed by atoms with E-state index in [1.165, 1.54) is 18.2 Å². The van der Waals surface area contributed by atoms with Gasteiger partial charge in [0.2, 0.25) is 0 Å². The fourth-order valence-corrected chi connectivity index (χ4v) is 1.75. The number of benzene rings is 1. The lowest BCUT2D eigenvalue weighted by atomic mass is 10.1. The second kappa shape index (κ2) is 9.05. The Morgan fingerprint density at radius 3 is 2.70 bits per heavy atom. The molecule has 120 valence electrons. The molecule has 1 heterocycles. The molecule has 2 rings (SSSR count). The van der Waals surface area contributed by atoms with Gasteiger partial charge in [0, 0.05) is 18.3 Å². The minimum atomic E-state index is -0.0990. The molecule has 0 bridgehead atoms. The highest BCUT2D eigenvalue weighted by Gasteiger charge is 2.01. The van der Waals surface area contributed by atoms with Gasteiger partial charge in [0.05, 0.1) is 24.6 Å². The van der Waals surface area contributed by atoms with Crippen LogP contribution in [0.5, 0.6) is 11.5 Å². The van der Waals surface area contributed by atoms with Gasteiger partial charge < -0.3 is 15.2 Å². The second-order valence-electron chi connectivity index (χ2n) is 4.49. The summed E-state index contributed by atoms with van der Waals surface area (Å²) in [5.74, 6) is 0.688. The van der Waals surface area contributed by atoms with Crippen molar-refractivity contribution in [1.82, 2.24) is 4.98 Å². The Morgan fingerprint density at radius 2 is 2.17 bits per heavy atom. The summed E-state index contributed by atoms with van der Waals surface area (Å²) in [4.78, 5) is 14.4. The largest absolute Gasteiger partial charge is 0.507 e. The molecule has 1 aromatic heterocycles. The van der Waals surface area contributed by atoms with E-state index >= 15 is 0 Å². The molecule has 6 nitrogen and oxygen atoms in total. The van der Waals surface area contributed by atoms with Crippen LogP contribution in [-0.4, -0.2) is 30.5 Å². The number of phenols is 1. The molecule has 0 atom stereocenters. The van der Waals surface area contributed by atoms with Crippen LogP contribution >= 0.6 is 0 Å². The molecule has 1 aromatic carbocycles. The third-order valence-corrected chi connectivity index (χ3v) is 3.05. The summed E-state index contributed by atoms with van der Waals surface area (Å²) in [5, 5.41) is 20.5. The molecule has 6 heteroatoms. The number of hydrogen-bond donors (Lipinski definition) is 2. The van der Waals surface area contributed by atoms with Crippen LogP contribution in [0.4, 0.5) is 5.69 Å². The molecular weight excluding hydrogens is 294 g/mol. The summed E-state index contributed by atoms with van der Waals surface area (Å²) in [5.41, 5.74) is 2.57. The van der Waals surface area contributed by atoms with Crippen LogP contribution in [0.15, 0.2) is 30.5 Å². The van der Waals surface area contributed by atoms with E-state index in [1.54, 1.807) is 19.4 Å². The first-order valence-corrected chi connectivity index (χ1v) is 6.98. The van der Waals surface area contributed by atoms with E-state index < -0.39 is 0 Å². The van der Waals surface area contributed by atoms with Crippen LogP contribution in [0, 0.1) is 11.3 Å².